The van der Waals surface area contributed by atoms with Crippen LogP contribution in [-0.4, -0.2) is 34.9 Å². The van der Waals surface area contributed by atoms with E-state index >= 15 is 0 Å². The van der Waals surface area contributed by atoms with Crippen molar-refractivity contribution in [2.24, 2.45) is 10.9 Å². The quantitative estimate of drug-likeness (QED) is 0.375. The predicted octanol–water partition coefficient (Wildman–Crippen LogP) is 2.19. The number of nitrogens with two attached hydrogens (primary N) is 1. The standard InChI is InChI=1S/C12H15BrFN3O2/c1-2-3-17(7-11(15)16-19)12(18)8-4-9(13)6-10(14)5-8/h4-6,19H,2-3,7H2,1H3,(H2,15,16). The fourth-order valence-electron chi connectivity index (χ4n) is 1.61. The maximum atomic E-state index is 13.3. The molecule has 0 aliphatic heterocycles. The molecule has 0 fully saturated rings. The van der Waals surface area contributed by atoms with Crippen LogP contribution in [0.25, 0.3) is 0 Å². The van der Waals surface area contributed by atoms with Crippen molar-refractivity contribution < 1.29 is 14.4 Å². The van der Waals surface area contributed by atoms with Crippen LogP contribution in [0.5, 0.6) is 0 Å². The molecule has 19 heavy (non-hydrogen) atoms. The highest BCUT2D eigenvalue weighted by molar-refractivity contribution is 9.10. The average molecular weight is 332 g/mol. The van der Waals surface area contributed by atoms with E-state index in [1.807, 2.05) is 6.92 Å². The van der Waals surface area contributed by atoms with Crippen molar-refractivity contribution >= 4 is 27.7 Å². The summed E-state index contributed by atoms with van der Waals surface area (Å²) in [6.45, 7) is 2.33. The minimum atomic E-state index is -0.502. The fourth-order valence-corrected chi connectivity index (χ4v) is 2.07. The molecule has 1 amide bonds. The second-order valence-electron chi connectivity index (χ2n) is 3.98. The summed E-state index contributed by atoms with van der Waals surface area (Å²) in [6.07, 6.45) is 0.709. The van der Waals surface area contributed by atoms with Gasteiger partial charge in [0.1, 0.15) is 5.82 Å². The summed E-state index contributed by atoms with van der Waals surface area (Å²) >= 11 is 3.13. The van der Waals surface area contributed by atoms with Gasteiger partial charge in [-0.05, 0) is 24.6 Å². The van der Waals surface area contributed by atoms with Crippen molar-refractivity contribution in [2.45, 2.75) is 13.3 Å². The van der Waals surface area contributed by atoms with Crippen molar-refractivity contribution in [2.75, 3.05) is 13.1 Å². The van der Waals surface area contributed by atoms with Crippen LogP contribution in [0, 0.1) is 5.82 Å². The van der Waals surface area contributed by atoms with E-state index in [4.69, 9.17) is 10.9 Å². The molecule has 1 aromatic rings. The number of carbonyl (C=O) groups is 1. The highest BCUT2D eigenvalue weighted by Gasteiger charge is 2.17. The molecule has 0 bridgehead atoms. The molecule has 0 saturated heterocycles. The van der Waals surface area contributed by atoms with E-state index in [2.05, 4.69) is 21.1 Å². The van der Waals surface area contributed by atoms with Crippen LogP contribution in [-0.2, 0) is 0 Å². The minimum Gasteiger partial charge on any atom is -0.409 e. The molecule has 1 rings (SSSR count). The first-order valence-electron chi connectivity index (χ1n) is 5.69. The molecule has 0 heterocycles. The van der Waals surface area contributed by atoms with Crippen molar-refractivity contribution in [1.82, 2.24) is 4.90 Å². The zero-order valence-corrected chi connectivity index (χ0v) is 12.0. The fraction of sp³-hybridized carbons (Fsp3) is 0.333. The molecular weight excluding hydrogens is 317 g/mol. The van der Waals surface area contributed by atoms with Crippen LogP contribution < -0.4 is 5.73 Å². The summed E-state index contributed by atoms with van der Waals surface area (Å²) in [4.78, 5) is 13.6. The van der Waals surface area contributed by atoms with Gasteiger partial charge in [-0.25, -0.2) is 4.39 Å². The van der Waals surface area contributed by atoms with E-state index in [9.17, 15) is 9.18 Å². The molecule has 104 valence electrons. The summed E-state index contributed by atoms with van der Waals surface area (Å²) in [5, 5.41) is 11.4. The topological polar surface area (TPSA) is 78.9 Å². The van der Waals surface area contributed by atoms with Gasteiger partial charge >= 0.3 is 0 Å². The second kappa shape index (κ2) is 7.08. The third kappa shape index (κ3) is 4.51. The Morgan fingerprint density at radius 2 is 2.21 bits per heavy atom. The van der Waals surface area contributed by atoms with Crippen molar-refractivity contribution in [3.8, 4) is 0 Å². The van der Waals surface area contributed by atoms with Gasteiger partial charge in [0.25, 0.3) is 5.91 Å². The SMILES string of the molecule is CCCN(CC(N)=NO)C(=O)c1cc(F)cc(Br)c1. The molecular formula is C12H15BrFN3O2. The summed E-state index contributed by atoms with van der Waals surface area (Å²) in [5.74, 6) is -0.941. The molecule has 1 aromatic carbocycles. The van der Waals surface area contributed by atoms with Gasteiger partial charge in [0.2, 0.25) is 0 Å². The molecule has 0 atom stereocenters. The lowest BCUT2D eigenvalue weighted by Gasteiger charge is -2.21. The lowest BCUT2D eigenvalue weighted by Crippen LogP contribution is -2.39. The number of rotatable bonds is 5. The first kappa shape index (κ1) is 15.4. The summed E-state index contributed by atoms with van der Waals surface area (Å²) in [6, 6.07) is 3.95. The maximum absolute atomic E-state index is 13.3. The Morgan fingerprint density at radius 3 is 2.74 bits per heavy atom. The summed E-state index contributed by atoms with van der Waals surface area (Å²) in [5.41, 5.74) is 5.62. The Bertz CT molecular complexity index is 474. The van der Waals surface area contributed by atoms with Gasteiger partial charge in [0.15, 0.2) is 5.84 Å². The van der Waals surface area contributed by atoms with Gasteiger partial charge in [0.05, 0.1) is 6.54 Å². The van der Waals surface area contributed by atoms with E-state index < -0.39 is 5.82 Å². The summed E-state index contributed by atoms with van der Waals surface area (Å²) < 4.78 is 13.8. The third-order valence-electron chi connectivity index (χ3n) is 2.37. The Morgan fingerprint density at radius 1 is 1.53 bits per heavy atom. The molecule has 0 saturated carbocycles. The number of amidine groups is 1. The third-order valence-corrected chi connectivity index (χ3v) is 2.83. The van der Waals surface area contributed by atoms with E-state index in [0.29, 0.717) is 17.4 Å². The van der Waals surface area contributed by atoms with Gasteiger partial charge in [0, 0.05) is 16.6 Å². The van der Waals surface area contributed by atoms with Crippen LogP contribution in [0.15, 0.2) is 27.8 Å². The van der Waals surface area contributed by atoms with Crippen molar-refractivity contribution in [1.29, 1.82) is 0 Å². The number of hydrogen-bond donors (Lipinski definition) is 2. The van der Waals surface area contributed by atoms with Crippen LogP contribution >= 0.6 is 15.9 Å². The highest BCUT2D eigenvalue weighted by Crippen LogP contribution is 2.16. The number of halogens is 2. The first-order valence-corrected chi connectivity index (χ1v) is 6.49. The number of amides is 1. The van der Waals surface area contributed by atoms with Gasteiger partial charge in [-0.15, -0.1) is 0 Å². The normalized spacial score (nSPS) is 11.4. The Labute approximate surface area is 119 Å². The van der Waals surface area contributed by atoms with E-state index in [0.717, 1.165) is 6.07 Å². The van der Waals surface area contributed by atoms with Crippen molar-refractivity contribution in [3.05, 3.63) is 34.1 Å². The number of hydrogen-bond acceptors (Lipinski definition) is 3. The minimum absolute atomic E-state index is 0.00267. The van der Waals surface area contributed by atoms with Gasteiger partial charge < -0.3 is 15.8 Å². The van der Waals surface area contributed by atoms with Crippen molar-refractivity contribution in [3.63, 3.8) is 0 Å². The van der Waals surface area contributed by atoms with E-state index in [-0.39, 0.29) is 23.9 Å². The lowest BCUT2D eigenvalue weighted by molar-refractivity contribution is 0.0777. The second-order valence-corrected chi connectivity index (χ2v) is 4.89. The Hall–Kier alpha value is -1.63. The number of carbonyl (C=O) groups excluding carboxylic acids is 1. The smallest absolute Gasteiger partial charge is 0.254 e. The molecule has 3 N–H and O–H groups in total. The zero-order valence-electron chi connectivity index (χ0n) is 10.4. The molecule has 0 aromatic heterocycles. The molecule has 0 aliphatic rings. The molecule has 7 heteroatoms. The predicted molar refractivity (Wildman–Crippen MR) is 73.7 cm³/mol. The average Bonchev–Trinajstić information content (AvgIpc) is 2.36. The van der Waals surface area contributed by atoms with E-state index in [1.165, 1.54) is 17.0 Å². The summed E-state index contributed by atoms with van der Waals surface area (Å²) in [7, 11) is 0. The largest absolute Gasteiger partial charge is 0.409 e. The van der Waals surface area contributed by atoms with Crippen LogP contribution in [0.1, 0.15) is 23.7 Å². The van der Waals surface area contributed by atoms with Crippen LogP contribution in [0.2, 0.25) is 0 Å². The molecule has 0 radical (unpaired) electrons. The molecule has 0 aliphatic carbocycles. The van der Waals surface area contributed by atoms with E-state index in [1.54, 1.807) is 0 Å². The number of nitrogens with zero attached hydrogens (tertiary/aromatic N) is 2. The Kier molecular flexibility index (Phi) is 5.75. The lowest BCUT2D eigenvalue weighted by atomic mass is 10.2. The monoisotopic (exact) mass is 331 g/mol. The van der Waals surface area contributed by atoms with Crippen LogP contribution in [0.4, 0.5) is 4.39 Å². The Balaban J connectivity index is 2.98. The van der Waals surface area contributed by atoms with Gasteiger partial charge in [-0.3, -0.25) is 4.79 Å². The van der Waals surface area contributed by atoms with Gasteiger partial charge in [-0.2, -0.15) is 0 Å². The first-order chi connectivity index (χ1) is 8.97. The van der Waals surface area contributed by atoms with Gasteiger partial charge in [-0.1, -0.05) is 28.0 Å². The maximum Gasteiger partial charge on any atom is 0.254 e. The molecule has 0 spiro atoms. The number of oxime groups is 1. The molecule has 5 nitrogen and oxygen atoms in total. The molecule has 0 unspecified atom stereocenters. The van der Waals surface area contributed by atoms with Crippen LogP contribution in [0.3, 0.4) is 0 Å². The highest BCUT2D eigenvalue weighted by atomic mass is 79.9. The zero-order chi connectivity index (χ0) is 14.4. The number of benzene rings is 1.